The van der Waals surface area contributed by atoms with Gasteiger partial charge in [0.2, 0.25) is 0 Å². The van der Waals surface area contributed by atoms with Gasteiger partial charge >= 0.3 is 0 Å². The molecule has 3 aromatic carbocycles. The Morgan fingerprint density at radius 1 is 1.02 bits per heavy atom. The third-order valence-corrected chi connectivity index (χ3v) is 7.20. The largest absolute Gasteiger partial charge is 0.490 e. The summed E-state index contributed by atoms with van der Waals surface area (Å²) in [7, 11) is -1.06. The first-order chi connectivity index (χ1) is 19.2. The van der Waals surface area contributed by atoms with Crippen molar-refractivity contribution in [3.8, 4) is 17.1 Å². The van der Waals surface area contributed by atoms with E-state index in [4.69, 9.17) is 9.15 Å². The van der Waals surface area contributed by atoms with Crippen molar-refractivity contribution in [1.82, 2.24) is 15.3 Å². The van der Waals surface area contributed by atoms with Crippen LogP contribution in [0.1, 0.15) is 11.3 Å². The van der Waals surface area contributed by atoms with Gasteiger partial charge in [0, 0.05) is 29.4 Å². The van der Waals surface area contributed by atoms with Crippen LogP contribution in [0, 0.1) is 5.82 Å². The zero-order valence-corrected chi connectivity index (χ0v) is 23.0. The van der Waals surface area contributed by atoms with E-state index in [0.29, 0.717) is 36.2 Å². The van der Waals surface area contributed by atoms with Crippen molar-refractivity contribution >= 4 is 45.6 Å². The fraction of sp³-hybridized carbons (Fsp3) is 0.172. The molecule has 2 N–H and O–H groups in total. The molecule has 0 fully saturated rings. The fourth-order valence-corrected chi connectivity index (χ4v) is 4.74. The smallest absolute Gasteiger partial charge is 0.148 e. The minimum Gasteiger partial charge on any atom is -0.490 e. The summed E-state index contributed by atoms with van der Waals surface area (Å²) in [5, 5.41) is 7.30. The molecule has 0 saturated heterocycles. The van der Waals surface area contributed by atoms with Crippen molar-refractivity contribution in [3.63, 3.8) is 0 Å². The maximum absolute atomic E-state index is 13.5. The number of hydrogen-bond donors (Lipinski definition) is 2. The maximum atomic E-state index is 13.5. The monoisotopic (exact) mass is 558 g/mol. The molecule has 0 radical (unpaired) electrons. The molecule has 204 valence electrons. The predicted molar refractivity (Wildman–Crippen MR) is 157 cm³/mol. The highest BCUT2D eigenvalue weighted by Gasteiger charge is 2.11. The number of furan rings is 1. The highest BCUT2D eigenvalue weighted by Crippen LogP contribution is 2.30. The molecule has 0 saturated carbocycles. The lowest BCUT2D eigenvalue weighted by Gasteiger charge is -2.13. The van der Waals surface area contributed by atoms with E-state index in [9.17, 15) is 12.8 Å². The Kier molecular flexibility index (Phi) is 8.13. The van der Waals surface area contributed by atoms with E-state index in [1.54, 1.807) is 6.07 Å². The molecule has 0 amide bonds. The number of anilines is 2. The van der Waals surface area contributed by atoms with Crippen LogP contribution in [0.4, 0.5) is 15.9 Å². The molecule has 5 aromatic rings. The zero-order chi connectivity index (χ0) is 28.1. The highest BCUT2D eigenvalue weighted by molar-refractivity contribution is 7.90. The van der Waals surface area contributed by atoms with Gasteiger partial charge in [-0.05, 0) is 71.7 Å². The molecule has 0 aliphatic heterocycles. The number of rotatable bonds is 11. The lowest BCUT2D eigenvalue weighted by molar-refractivity contribution is 0.308. The van der Waals surface area contributed by atoms with E-state index < -0.39 is 9.84 Å². The molecule has 0 aliphatic carbocycles. The van der Waals surface area contributed by atoms with Gasteiger partial charge in [-0.1, -0.05) is 12.1 Å². The second-order valence-corrected chi connectivity index (χ2v) is 11.8. The van der Waals surface area contributed by atoms with Crippen molar-refractivity contribution in [2.24, 2.45) is 0 Å². The van der Waals surface area contributed by atoms with Crippen LogP contribution in [0.5, 0.6) is 5.75 Å². The lowest BCUT2D eigenvalue weighted by Crippen LogP contribution is -2.21. The first-order valence-corrected chi connectivity index (χ1v) is 14.8. The Bertz CT molecular complexity index is 1760. The average Bonchev–Trinajstić information content (AvgIpc) is 3.39. The summed E-state index contributed by atoms with van der Waals surface area (Å²) in [6.45, 7) is 1.06. The van der Waals surface area contributed by atoms with E-state index in [1.807, 2.05) is 62.4 Å². The molecule has 8 nitrogen and oxygen atoms in total. The summed E-state index contributed by atoms with van der Waals surface area (Å²) in [4.78, 5) is 8.87. The molecule has 0 unspecified atom stereocenters. The van der Waals surface area contributed by atoms with Crippen LogP contribution in [0.15, 0.2) is 83.5 Å². The molecular weight excluding hydrogens is 530 g/mol. The Morgan fingerprint density at radius 2 is 1.90 bits per heavy atom. The van der Waals surface area contributed by atoms with Crippen molar-refractivity contribution in [2.75, 3.05) is 23.9 Å². The molecule has 0 bridgehead atoms. The quantitative estimate of drug-likeness (QED) is 0.187. The van der Waals surface area contributed by atoms with E-state index in [1.165, 1.54) is 24.7 Å². The summed E-state index contributed by atoms with van der Waals surface area (Å²) in [5.41, 5.74) is 4.17. The summed E-state index contributed by atoms with van der Waals surface area (Å²) in [6, 6.07) is 21.7. The Hall–Kier alpha value is -4.22. The minimum absolute atomic E-state index is 0.0746. The van der Waals surface area contributed by atoms with Gasteiger partial charge in [0.1, 0.15) is 59.5 Å². The molecule has 0 spiro atoms. The fourth-order valence-electron chi connectivity index (χ4n) is 4.22. The molecule has 40 heavy (non-hydrogen) atoms. The summed E-state index contributed by atoms with van der Waals surface area (Å²) in [5.74, 6) is 2.54. The number of benzene rings is 3. The summed E-state index contributed by atoms with van der Waals surface area (Å²) < 4.78 is 48.0. The number of fused-ring (bicyclic) bond motifs is 1. The Labute approximate surface area is 232 Å². The second-order valence-electron chi connectivity index (χ2n) is 9.55. The zero-order valence-electron chi connectivity index (χ0n) is 22.1. The van der Waals surface area contributed by atoms with Gasteiger partial charge in [0.25, 0.3) is 0 Å². The number of aromatic nitrogens is 2. The van der Waals surface area contributed by atoms with Gasteiger partial charge in [-0.15, -0.1) is 0 Å². The van der Waals surface area contributed by atoms with Crippen LogP contribution in [-0.2, 0) is 23.0 Å². The average molecular weight is 558 g/mol. The first kappa shape index (κ1) is 27.4. The van der Waals surface area contributed by atoms with Crippen LogP contribution in [-0.4, -0.2) is 44.8 Å². The van der Waals surface area contributed by atoms with Gasteiger partial charge in [0.15, 0.2) is 0 Å². The first-order valence-electron chi connectivity index (χ1n) is 12.7. The second kappa shape index (κ2) is 11.9. The highest BCUT2D eigenvalue weighted by atomic mass is 32.2. The topological polar surface area (TPSA) is 106 Å². The van der Waals surface area contributed by atoms with E-state index in [2.05, 4.69) is 20.6 Å². The molecule has 0 atom stereocenters. The number of halogens is 1. The van der Waals surface area contributed by atoms with Crippen LogP contribution in [0.25, 0.3) is 22.2 Å². The molecule has 11 heteroatoms. The van der Waals surface area contributed by atoms with Crippen LogP contribution < -0.4 is 20.8 Å². The number of nitrogens with one attached hydrogen (secondary N) is 2. The number of sulfone groups is 1. The van der Waals surface area contributed by atoms with Crippen LogP contribution in [0.2, 0.25) is 0 Å². The summed E-state index contributed by atoms with van der Waals surface area (Å²) in [6.07, 6.45) is 2.73. The van der Waals surface area contributed by atoms with E-state index in [-0.39, 0.29) is 18.2 Å². The number of hydrogen-bond acceptors (Lipinski definition) is 8. The Balaban J connectivity index is 1.29. The summed E-state index contributed by atoms with van der Waals surface area (Å²) >= 11 is 0. The third-order valence-electron chi connectivity index (χ3n) is 6.25. The third kappa shape index (κ3) is 7.05. The van der Waals surface area contributed by atoms with Crippen molar-refractivity contribution < 1.29 is 22.0 Å². The number of ether oxygens (including phenoxy) is 1. The lowest BCUT2D eigenvalue weighted by atomic mass is 9.94. The Morgan fingerprint density at radius 3 is 2.70 bits per heavy atom. The van der Waals surface area contributed by atoms with Crippen molar-refractivity contribution in [1.29, 1.82) is 0 Å². The standard InChI is InChI=1S/C29H28BFN4O4S/c1-40(36,37)12-11-32-16-23-7-10-27(39-23)20-5-8-26-24(14-20)29(34-18-33-26)35-22-6-9-28(25(30)15-22)38-17-19-3-2-4-21(31)13-19/h2-10,13-15,18,32H,11-12,16-17,30H2,1H3,(H,33,34,35). The maximum Gasteiger partial charge on any atom is 0.148 e. The van der Waals surface area contributed by atoms with Gasteiger partial charge in [-0.2, -0.15) is 0 Å². The van der Waals surface area contributed by atoms with Gasteiger partial charge in [0.05, 0.1) is 17.8 Å². The molecule has 2 aromatic heterocycles. The molecule has 0 aliphatic rings. The minimum atomic E-state index is -3.01. The number of nitrogens with zero attached hydrogens (tertiary/aromatic N) is 2. The van der Waals surface area contributed by atoms with Gasteiger partial charge < -0.3 is 19.8 Å². The molecule has 5 rings (SSSR count). The predicted octanol–water partition coefficient (Wildman–Crippen LogP) is 3.74. The normalized spacial score (nSPS) is 11.6. The van der Waals surface area contributed by atoms with E-state index >= 15 is 0 Å². The van der Waals surface area contributed by atoms with Gasteiger partial charge in [-0.3, -0.25) is 0 Å². The van der Waals surface area contributed by atoms with Crippen LogP contribution >= 0.6 is 0 Å². The SMILES string of the molecule is Bc1cc(Nc2ncnc3ccc(-c4ccc(CNCCS(C)(=O)=O)o4)cc23)ccc1OCc1cccc(F)c1. The van der Waals surface area contributed by atoms with E-state index in [0.717, 1.165) is 33.2 Å². The molecular formula is C29H28BFN4O4S. The van der Waals surface area contributed by atoms with Gasteiger partial charge in [-0.25, -0.2) is 22.8 Å². The van der Waals surface area contributed by atoms with Crippen molar-refractivity contribution in [3.05, 3.63) is 96.3 Å². The van der Waals surface area contributed by atoms with Crippen LogP contribution in [0.3, 0.4) is 0 Å². The van der Waals surface area contributed by atoms with Crippen molar-refractivity contribution in [2.45, 2.75) is 13.2 Å². The molecule has 2 heterocycles.